The van der Waals surface area contributed by atoms with Crippen LogP contribution in [0.2, 0.25) is 0 Å². The van der Waals surface area contributed by atoms with Gasteiger partial charge in [-0.15, -0.1) is 0 Å². The van der Waals surface area contributed by atoms with Gasteiger partial charge in [-0.05, 0) is 30.2 Å². The third-order valence-electron chi connectivity index (χ3n) is 2.51. The summed E-state index contributed by atoms with van der Waals surface area (Å²) in [5, 5.41) is 23.7. The number of carbonyl (C=O) groups excluding carboxylic acids is 1. The van der Waals surface area contributed by atoms with E-state index in [2.05, 4.69) is 10.6 Å². The van der Waals surface area contributed by atoms with Crippen molar-refractivity contribution in [3.63, 3.8) is 0 Å². The van der Waals surface area contributed by atoms with E-state index in [1.54, 1.807) is 12.1 Å². The Bertz CT molecular complexity index is 390. The van der Waals surface area contributed by atoms with E-state index in [4.69, 9.17) is 5.11 Å². The molecule has 106 valence electrons. The van der Waals surface area contributed by atoms with Crippen molar-refractivity contribution in [2.45, 2.75) is 26.4 Å². The minimum Gasteiger partial charge on any atom is -0.394 e. The number of hydrogen-bond acceptors (Lipinski definition) is 4. The molecule has 0 aliphatic rings. The van der Waals surface area contributed by atoms with Crippen molar-refractivity contribution in [2.75, 3.05) is 23.8 Å². The van der Waals surface area contributed by atoms with Gasteiger partial charge in [-0.1, -0.05) is 13.8 Å². The van der Waals surface area contributed by atoms with Crippen LogP contribution >= 0.6 is 0 Å². The molecule has 0 saturated heterocycles. The first-order valence-corrected chi connectivity index (χ1v) is 6.44. The second-order valence-electron chi connectivity index (χ2n) is 4.94. The van der Waals surface area contributed by atoms with Gasteiger partial charge in [0, 0.05) is 24.3 Å². The molecule has 19 heavy (non-hydrogen) atoms. The first kappa shape index (κ1) is 15.5. The summed E-state index contributed by atoms with van der Waals surface area (Å²) in [5.41, 5.74) is 1.58. The van der Waals surface area contributed by atoms with E-state index in [-0.39, 0.29) is 19.1 Å². The zero-order valence-electron chi connectivity index (χ0n) is 11.4. The van der Waals surface area contributed by atoms with Crippen LogP contribution in [0.3, 0.4) is 0 Å². The fourth-order valence-corrected chi connectivity index (χ4v) is 1.55. The predicted octanol–water partition coefficient (Wildman–Crippen LogP) is 1.44. The summed E-state index contributed by atoms with van der Waals surface area (Å²) in [6, 6.07) is 7.22. The van der Waals surface area contributed by atoms with Gasteiger partial charge >= 0.3 is 0 Å². The Morgan fingerprint density at radius 2 is 1.79 bits per heavy atom. The van der Waals surface area contributed by atoms with Crippen LogP contribution in [0.15, 0.2) is 24.3 Å². The van der Waals surface area contributed by atoms with Gasteiger partial charge in [0.15, 0.2) is 0 Å². The number of anilines is 2. The largest absolute Gasteiger partial charge is 0.394 e. The summed E-state index contributed by atoms with van der Waals surface area (Å²) in [4.78, 5) is 11.6. The van der Waals surface area contributed by atoms with Crippen LogP contribution < -0.4 is 10.6 Å². The minimum atomic E-state index is -0.773. The maximum Gasteiger partial charge on any atom is 0.224 e. The number of amides is 1. The monoisotopic (exact) mass is 266 g/mol. The molecule has 0 saturated carbocycles. The maximum absolute atomic E-state index is 11.6. The lowest BCUT2D eigenvalue weighted by Gasteiger charge is -2.11. The Hall–Kier alpha value is -1.59. The van der Waals surface area contributed by atoms with Crippen LogP contribution in [0.4, 0.5) is 11.4 Å². The highest BCUT2D eigenvalue weighted by molar-refractivity contribution is 5.90. The fourth-order valence-electron chi connectivity index (χ4n) is 1.55. The Morgan fingerprint density at radius 1 is 1.21 bits per heavy atom. The quantitative estimate of drug-likeness (QED) is 0.602. The summed E-state index contributed by atoms with van der Waals surface area (Å²) in [7, 11) is 0. The molecule has 4 N–H and O–H groups in total. The van der Waals surface area contributed by atoms with Gasteiger partial charge < -0.3 is 20.8 Å². The first-order chi connectivity index (χ1) is 9.01. The van der Waals surface area contributed by atoms with Gasteiger partial charge in [0.1, 0.15) is 0 Å². The third kappa shape index (κ3) is 6.22. The second-order valence-corrected chi connectivity index (χ2v) is 4.94. The number of aliphatic hydroxyl groups excluding tert-OH is 2. The Labute approximate surface area is 113 Å². The van der Waals surface area contributed by atoms with Gasteiger partial charge in [-0.3, -0.25) is 4.79 Å². The second kappa shape index (κ2) is 7.76. The third-order valence-corrected chi connectivity index (χ3v) is 2.51. The number of carbonyl (C=O) groups is 1. The van der Waals surface area contributed by atoms with Crippen LogP contribution in [-0.4, -0.2) is 35.4 Å². The topological polar surface area (TPSA) is 81.6 Å². The van der Waals surface area contributed by atoms with Crippen molar-refractivity contribution in [3.05, 3.63) is 24.3 Å². The molecular weight excluding hydrogens is 244 g/mol. The molecule has 1 unspecified atom stereocenters. The number of rotatable bonds is 7. The van der Waals surface area contributed by atoms with Crippen LogP contribution in [0.1, 0.15) is 20.3 Å². The van der Waals surface area contributed by atoms with Gasteiger partial charge in [0.05, 0.1) is 12.7 Å². The number of benzene rings is 1. The Balaban J connectivity index is 2.45. The fraction of sp³-hybridized carbons (Fsp3) is 0.500. The molecule has 0 bridgehead atoms. The standard InChI is InChI=1S/C14H22N2O3/c1-10(2)7-14(19)16-12-5-3-11(4-6-12)15-8-13(18)9-17/h3-6,10,13,15,17-18H,7-9H2,1-2H3,(H,16,19). The number of nitrogens with one attached hydrogen (secondary N) is 2. The Morgan fingerprint density at radius 3 is 2.32 bits per heavy atom. The highest BCUT2D eigenvalue weighted by Crippen LogP contribution is 2.14. The molecule has 1 rings (SSSR count). The lowest BCUT2D eigenvalue weighted by Crippen LogP contribution is -2.22. The highest BCUT2D eigenvalue weighted by Gasteiger charge is 2.05. The normalized spacial score (nSPS) is 12.3. The molecule has 5 heteroatoms. The van der Waals surface area contributed by atoms with E-state index >= 15 is 0 Å². The van der Waals surface area contributed by atoms with Crippen LogP contribution in [-0.2, 0) is 4.79 Å². The van der Waals surface area contributed by atoms with Crippen molar-refractivity contribution in [3.8, 4) is 0 Å². The van der Waals surface area contributed by atoms with E-state index in [1.807, 2.05) is 26.0 Å². The highest BCUT2D eigenvalue weighted by atomic mass is 16.3. The molecule has 5 nitrogen and oxygen atoms in total. The number of hydrogen-bond donors (Lipinski definition) is 4. The summed E-state index contributed by atoms with van der Waals surface area (Å²) < 4.78 is 0. The zero-order valence-corrected chi connectivity index (χ0v) is 11.4. The van der Waals surface area contributed by atoms with E-state index in [9.17, 15) is 9.90 Å². The molecule has 1 aromatic rings. The SMILES string of the molecule is CC(C)CC(=O)Nc1ccc(NCC(O)CO)cc1. The van der Waals surface area contributed by atoms with Crippen LogP contribution in [0.5, 0.6) is 0 Å². The van der Waals surface area contributed by atoms with Crippen molar-refractivity contribution in [1.82, 2.24) is 0 Å². The first-order valence-electron chi connectivity index (χ1n) is 6.44. The van der Waals surface area contributed by atoms with Gasteiger partial charge in [-0.2, -0.15) is 0 Å². The predicted molar refractivity (Wildman–Crippen MR) is 76.1 cm³/mol. The molecule has 0 aromatic heterocycles. The van der Waals surface area contributed by atoms with Crippen molar-refractivity contribution < 1.29 is 15.0 Å². The molecular formula is C14H22N2O3. The van der Waals surface area contributed by atoms with E-state index in [0.717, 1.165) is 11.4 Å². The molecule has 0 aliphatic heterocycles. The molecule has 0 aliphatic carbocycles. The van der Waals surface area contributed by atoms with Gasteiger partial charge in [0.25, 0.3) is 0 Å². The lowest BCUT2D eigenvalue weighted by molar-refractivity contribution is -0.116. The smallest absolute Gasteiger partial charge is 0.224 e. The molecule has 0 radical (unpaired) electrons. The molecule has 0 heterocycles. The van der Waals surface area contributed by atoms with E-state index in [1.165, 1.54) is 0 Å². The van der Waals surface area contributed by atoms with Gasteiger partial charge in [-0.25, -0.2) is 0 Å². The minimum absolute atomic E-state index is 0.00594. The van der Waals surface area contributed by atoms with Gasteiger partial charge in [0.2, 0.25) is 5.91 Å². The zero-order chi connectivity index (χ0) is 14.3. The summed E-state index contributed by atoms with van der Waals surface area (Å²) in [6.45, 7) is 4.02. The molecule has 0 spiro atoms. The molecule has 1 aromatic carbocycles. The average molecular weight is 266 g/mol. The van der Waals surface area contributed by atoms with Crippen LogP contribution in [0.25, 0.3) is 0 Å². The van der Waals surface area contributed by atoms with Crippen molar-refractivity contribution in [2.24, 2.45) is 5.92 Å². The van der Waals surface area contributed by atoms with E-state index < -0.39 is 6.10 Å². The Kier molecular flexibility index (Phi) is 6.32. The average Bonchev–Trinajstić information content (AvgIpc) is 2.36. The maximum atomic E-state index is 11.6. The van der Waals surface area contributed by atoms with Crippen LogP contribution in [0, 0.1) is 5.92 Å². The lowest BCUT2D eigenvalue weighted by atomic mass is 10.1. The summed E-state index contributed by atoms with van der Waals surface area (Å²) >= 11 is 0. The van der Waals surface area contributed by atoms with Crippen molar-refractivity contribution in [1.29, 1.82) is 0 Å². The van der Waals surface area contributed by atoms with E-state index in [0.29, 0.717) is 12.3 Å². The van der Waals surface area contributed by atoms with Crippen molar-refractivity contribution >= 4 is 17.3 Å². The molecule has 1 amide bonds. The molecule has 1 atom stereocenters. The summed E-state index contributed by atoms with van der Waals surface area (Å²) in [6.07, 6.45) is -0.270. The number of aliphatic hydroxyl groups is 2. The summed E-state index contributed by atoms with van der Waals surface area (Å²) in [5.74, 6) is 0.340. The molecule has 0 fully saturated rings.